The summed E-state index contributed by atoms with van der Waals surface area (Å²) in [5, 5.41) is 7.52. The lowest BCUT2D eigenvalue weighted by molar-refractivity contribution is 0.0813. The van der Waals surface area contributed by atoms with E-state index in [0.29, 0.717) is 5.82 Å². The second kappa shape index (κ2) is 4.09. The summed E-state index contributed by atoms with van der Waals surface area (Å²) < 4.78 is 1.56. The highest BCUT2D eigenvalue weighted by Crippen LogP contribution is 2.06. The van der Waals surface area contributed by atoms with E-state index in [0.717, 1.165) is 0 Å². The van der Waals surface area contributed by atoms with E-state index in [9.17, 15) is 4.79 Å². The Kier molecular flexibility index (Phi) is 2.63. The van der Waals surface area contributed by atoms with Crippen LogP contribution in [0.3, 0.4) is 0 Å². The monoisotopic (exact) mass is 217 g/mol. The Morgan fingerprint density at radius 1 is 1.38 bits per heavy atom. The Morgan fingerprint density at radius 2 is 2.19 bits per heavy atom. The van der Waals surface area contributed by atoms with Crippen molar-refractivity contribution in [3.63, 3.8) is 0 Å². The Labute approximate surface area is 92.6 Å². The Bertz CT molecular complexity index is 491. The summed E-state index contributed by atoms with van der Waals surface area (Å²) in [7, 11) is 3.33. The van der Waals surface area contributed by atoms with E-state index in [2.05, 4.69) is 15.2 Å². The van der Waals surface area contributed by atoms with Gasteiger partial charge in [0.15, 0.2) is 0 Å². The van der Waals surface area contributed by atoms with Gasteiger partial charge in [0.25, 0.3) is 5.91 Å². The van der Waals surface area contributed by atoms with E-state index < -0.39 is 0 Å². The molecular weight excluding hydrogens is 206 g/mol. The van der Waals surface area contributed by atoms with Crippen LogP contribution in [0, 0.1) is 0 Å². The normalized spacial score (nSPS) is 10.1. The van der Waals surface area contributed by atoms with Crippen LogP contribution in [-0.4, -0.2) is 44.7 Å². The molecule has 0 aliphatic carbocycles. The summed E-state index contributed by atoms with van der Waals surface area (Å²) in [5.41, 5.74) is 0. The molecule has 2 aromatic rings. The molecule has 1 amide bonds. The molecule has 0 aliphatic heterocycles. The van der Waals surface area contributed by atoms with Crippen molar-refractivity contribution < 1.29 is 4.79 Å². The second-order valence-electron chi connectivity index (χ2n) is 3.41. The van der Waals surface area contributed by atoms with Gasteiger partial charge in [0.1, 0.15) is 12.1 Å². The molecule has 0 radical (unpaired) electrons. The van der Waals surface area contributed by atoms with Crippen molar-refractivity contribution in [2.24, 2.45) is 0 Å². The number of nitrogens with zero attached hydrogens (tertiary/aromatic N) is 5. The molecule has 6 heteroatoms. The molecule has 0 aromatic carbocycles. The van der Waals surface area contributed by atoms with E-state index in [-0.39, 0.29) is 11.7 Å². The van der Waals surface area contributed by atoms with Crippen LogP contribution < -0.4 is 0 Å². The average Bonchev–Trinajstić information content (AvgIpc) is 2.77. The van der Waals surface area contributed by atoms with Crippen molar-refractivity contribution in [3.8, 4) is 5.82 Å². The first-order valence-electron chi connectivity index (χ1n) is 4.73. The molecule has 0 unspecified atom stereocenters. The fourth-order valence-corrected chi connectivity index (χ4v) is 1.24. The number of aromatic nitrogens is 4. The zero-order valence-corrected chi connectivity index (χ0v) is 9.03. The largest absolute Gasteiger partial charge is 0.342 e. The number of pyridine rings is 1. The van der Waals surface area contributed by atoms with Crippen molar-refractivity contribution in [1.29, 1.82) is 0 Å². The molecule has 0 saturated carbocycles. The SMILES string of the molecule is CN(C)C(=O)c1nncn1-c1ccccn1. The van der Waals surface area contributed by atoms with Crippen molar-refractivity contribution in [2.45, 2.75) is 0 Å². The smallest absolute Gasteiger partial charge is 0.291 e. The van der Waals surface area contributed by atoms with Crippen molar-refractivity contribution in [2.75, 3.05) is 14.1 Å². The van der Waals surface area contributed by atoms with Crippen molar-refractivity contribution in [1.82, 2.24) is 24.6 Å². The predicted molar refractivity (Wildman–Crippen MR) is 57.2 cm³/mol. The van der Waals surface area contributed by atoms with E-state index in [1.165, 1.54) is 11.2 Å². The van der Waals surface area contributed by atoms with Crippen LogP contribution >= 0.6 is 0 Å². The van der Waals surface area contributed by atoms with Crippen molar-refractivity contribution in [3.05, 3.63) is 36.5 Å². The van der Waals surface area contributed by atoms with Gasteiger partial charge in [0.05, 0.1) is 0 Å². The minimum absolute atomic E-state index is 0.205. The maximum absolute atomic E-state index is 11.8. The molecule has 2 heterocycles. The molecular formula is C10H11N5O. The number of hydrogen-bond acceptors (Lipinski definition) is 4. The first-order valence-corrected chi connectivity index (χ1v) is 4.73. The predicted octanol–water partition coefficient (Wildman–Crippen LogP) is 0.364. The van der Waals surface area contributed by atoms with Crippen LogP contribution in [0.1, 0.15) is 10.6 Å². The van der Waals surface area contributed by atoms with Gasteiger partial charge in [-0.25, -0.2) is 4.98 Å². The quantitative estimate of drug-likeness (QED) is 0.728. The zero-order chi connectivity index (χ0) is 11.5. The van der Waals surface area contributed by atoms with Crippen LogP contribution in [0.25, 0.3) is 5.82 Å². The van der Waals surface area contributed by atoms with Crippen LogP contribution in [-0.2, 0) is 0 Å². The first-order chi connectivity index (χ1) is 7.70. The third-order valence-corrected chi connectivity index (χ3v) is 2.04. The Balaban J connectivity index is 2.45. The van der Waals surface area contributed by atoms with Gasteiger partial charge in [-0.2, -0.15) is 0 Å². The van der Waals surface area contributed by atoms with Gasteiger partial charge in [-0.3, -0.25) is 9.36 Å². The number of hydrogen-bond donors (Lipinski definition) is 0. The molecule has 2 rings (SSSR count). The van der Waals surface area contributed by atoms with Crippen LogP contribution in [0.5, 0.6) is 0 Å². The molecule has 0 aliphatic rings. The van der Waals surface area contributed by atoms with Gasteiger partial charge >= 0.3 is 0 Å². The maximum atomic E-state index is 11.8. The Hall–Kier alpha value is -2.24. The molecule has 0 atom stereocenters. The van der Waals surface area contributed by atoms with Crippen LogP contribution in [0.2, 0.25) is 0 Å². The molecule has 6 nitrogen and oxygen atoms in total. The van der Waals surface area contributed by atoms with E-state index in [4.69, 9.17) is 0 Å². The van der Waals surface area contributed by atoms with Gasteiger partial charge in [0, 0.05) is 20.3 Å². The minimum Gasteiger partial charge on any atom is -0.342 e. The van der Waals surface area contributed by atoms with Gasteiger partial charge in [-0.1, -0.05) is 6.07 Å². The molecule has 0 bridgehead atoms. The average molecular weight is 217 g/mol. The lowest BCUT2D eigenvalue weighted by Crippen LogP contribution is -2.25. The summed E-state index contributed by atoms with van der Waals surface area (Å²) in [5.74, 6) is 0.671. The van der Waals surface area contributed by atoms with E-state index in [1.807, 2.05) is 6.07 Å². The number of carbonyl (C=O) groups excluding carboxylic acids is 1. The highest BCUT2D eigenvalue weighted by Gasteiger charge is 2.17. The van der Waals surface area contributed by atoms with Gasteiger partial charge in [-0.05, 0) is 12.1 Å². The summed E-state index contributed by atoms with van der Waals surface area (Å²) >= 11 is 0. The molecule has 0 N–H and O–H groups in total. The molecule has 82 valence electrons. The molecule has 0 spiro atoms. The molecule has 0 saturated heterocycles. The zero-order valence-electron chi connectivity index (χ0n) is 9.03. The van der Waals surface area contributed by atoms with Crippen LogP contribution in [0.15, 0.2) is 30.7 Å². The summed E-state index contributed by atoms with van der Waals surface area (Å²) in [4.78, 5) is 17.4. The summed E-state index contributed by atoms with van der Waals surface area (Å²) in [6.07, 6.45) is 3.12. The molecule has 0 fully saturated rings. The van der Waals surface area contributed by atoms with Crippen molar-refractivity contribution >= 4 is 5.91 Å². The number of carbonyl (C=O) groups is 1. The standard InChI is InChI=1S/C10H11N5O/c1-14(2)10(16)9-13-12-7-15(9)8-5-3-4-6-11-8/h3-7H,1-2H3. The third kappa shape index (κ3) is 1.77. The summed E-state index contributed by atoms with van der Waals surface area (Å²) in [6, 6.07) is 5.43. The highest BCUT2D eigenvalue weighted by atomic mass is 16.2. The molecule has 2 aromatic heterocycles. The highest BCUT2D eigenvalue weighted by molar-refractivity contribution is 5.90. The lowest BCUT2D eigenvalue weighted by Gasteiger charge is -2.10. The first kappa shape index (κ1) is 10.3. The van der Waals surface area contributed by atoms with Gasteiger partial charge in [0.2, 0.25) is 5.82 Å². The van der Waals surface area contributed by atoms with Crippen LogP contribution in [0.4, 0.5) is 0 Å². The topological polar surface area (TPSA) is 63.9 Å². The minimum atomic E-state index is -0.205. The van der Waals surface area contributed by atoms with Gasteiger partial charge in [-0.15, -0.1) is 10.2 Å². The maximum Gasteiger partial charge on any atom is 0.291 e. The fourth-order valence-electron chi connectivity index (χ4n) is 1.24. The van der Waals surface area contributed by atoms with E-state index >= 15 is 0 Å². The lowest BCUT2D eigenvalue weighted by atomic mass is 10.4. The van der Waals surface area contributed by atoms with Gasteiger partial charge < -0.3 is 4.90 Å². The van der Waals surface area contributed by atoms with E-state index in [1.54, 1.807) is 37.0 Å². The second-order valence-corrected chi connectivity index (χ2v) is 3.41. The number of rotatable bonds is 2. The molecule has 16 heavy (non-hydrogen) atoms. The fraction of sp³-hybridized carbons (Fsp3) is 0.200. The third-order valence-electron chi connectivity index (χ3n) is 2.04. The summed E-state index contributed by atoms with van der Waals surface area (Å²) in [6.45, 7) is 0. The number of amides is 1. The Morgan fingerprint density at radius 3 is 2.81 bits per heavy atom.